The van der Waals surface area contributed by atoms with Crippen molar-refractivity contribution in [2.75, 3.05) is 0 Å². The van der Waals surface area contributed by atoms with Crippen LogP contribution in [0.3, 0.4) is 0 Å². The average molecular weight is 472 g/mol. The maximum Gasteiger partial charge on any atom is 4.00 e. The van der Waals surface area contributed by atoms with Gasteiger partial charge < -0.3 is 37.2 Å². The van der Waals surface area contributed by atoms with Gasteiger partial charge in [-0.2, -0.15) is 5.57 Å². The fraction of sp³-hybridized carbons (Fsp3) is 0.273. The first-order chi connectivity index (χ1) is 11.0. The Balaban J connectivity index is 0. The zero-order valence-electron chi connectivity index (χ0n) is 16.2. The third-order valence-corrected chi connectivity index (χ3v) is 7.77. The summed E-state index contributed by atoms with van der Waals surface area (Å²) in [6.07, 6.45) is 4.79. The summed E-state index contributed by atoms with van der Waals surface area (Å²) in [6.45, 7) is 9.17. The van der Waals surface area contributed by atoms with E-state index >= 15 is 0 Å². The Labute approximate surface area is 199 Å². The van der Waals surface area contributed by atoms with Gasteiger partial charge >= 0.3 is 21.7 Å². The number of benzene rings is 2. The summed E-state index contributed by atoms with van der Waals surface area (Å²) in [5.41, 5.74) is 2.98. The Hall–Kier alpha value is -0.279. The normalized spacial score (nSPS) is 13.0. The zero-order chi connectivity index (χ0) is 16.4. The van der Waals surface area contributed by atoms with Gasteiger partial charge in [0, 0.05) is 8.80 Å². The van der Waals surface area contributed by atoms with E-state index in [1.54, 1.807) is 5.20 Å². The Kier molecular flexibility index (Phi) is 13.2. The molecule has 0 radical (unpaired) electrons. The number of halogens is 3. The van der Waals surface area contributed by atoms with E-state index in [1.807, 2.05) is 0 Å². The summed E-state index contributed by atoms with van der Waals surface area (Å²) in [7, 11) is -1.40. The van der Waals surface area contributed by atoms with Gasteiger partial charge in [-0.3, -0.25) is 0 Å². The molecule has 3 rings (SSSR count). The van der Waals surface area contributed by atoms with Crippen LogP contribution < -0.4 is 47.6 Å². The molecule has 0 atom stereocenters. The summed E-state index contributed by atoms with van der Waals surface area (Å²) in [5.74, 6) is 0. The van der Waals surface area contributed by atoms with E-state index in [-0.39, 0.29) is 64.4 Å². The molecular formula is C22H25Cl3SiTi. The average Bonchev–Trinajstić information content (AvgIpc) is 2.92. The first-order valence-corrected chi connectivity index (χ1v) is 10.1. The van der Waals surface area contributed by atoms with E-state index in [1.165, 1.54) is 21.5 Å². The van der Waals surface area contributed by atoms with Crippen molar-refractivity contribution in [2.24, 2.45) is 5.41 Å². The van der Waals surface area contributed by atoms with E-state index in [9.17, 15) is 0 Å². The molecule has 0 fully saturated rings. The van der Waals surface area contributed by atoms with Crippen LogP contribution in [-0.4, -0.2) is 8.80 Å². The molecule has 1 aliphatic carbocycles. The van der Waals surface area contributed by atoms with Crippen molar-refractivity contribution in [3.63, 3.8) is 0 Å². The summed E-state index contributed by atoms with van der Waals surface area (Å²) in [5, 5.41) is 4.66. The predicted molar refractivity (Wildman–Crippen MR) is 103 cm³/mol. The van der Waals surface area contributed by atoms with Crippen molar-refractivity contribution in [1.29, 1.82) is 0 Å². The van der Waals surface area contributed by atoms with Crippen LogP contribution in [0.5, 0.6) is 0 Å². The standard InChI is InChI=1S/C22H25Si.3ClH.Ti/c1-17-15-20(22(2,3)4)21(16-17)23(18-11-7-5-8-12-18)19-13-9-6-10-14-19;;;;/h5-14,23H,16H2,1-4H3;3*1H;/q-1;;;;+4/p-3. The maximum absolute atomic E-state index is 3.69. The smallest absolute Gasteiger partial charge is 1.00 e. The monoisotopic (exact) mass is 470 g/mol. The molecule has 27 heavy (non-hydrogen) atoms. The molecule has 0 spiro atoms. The number of hydrogen-bond donors (Lipinski definition) is 0. The first kappa shape index (κ1) is 28.9. The van der Waals surface area contributed by atoms with Crippen molar-refractivity contribution in [3.8, 4) is 0 Å². The second kappa shape index (κ2) is 12.3. The van der Waals surface area contributed by atoms with Crippen molar-refractivity contribution in [1.82, 2.24) is 0 Å². The van der Waals surface area contributed by atoms with Crippen molar-refractivity contribution < 1.29 is 58.9 Å². The summed E-state index contributed by atoms with van der Waals surface area (Å²) < 4.78 is 0. The van der Waals surface area contributed by atoms with Crippen molar-refractivity contribution in [2.45, 2.75) is 34.1 Å². The summed E-state index contributed by atoms with van der Waals surface area (Å²) in [4.78, 5) is 0. The molecule has 0 amide bonds. The minimum Gasteiger partial charge on any atom is -1.00 e. The molecule has 0 nitrogen and oxygen atoms in total. The Bertz CT molecular complexity index is 711. The van der Waals surface area contributed by atoms with Gasteiger partial charge in [-0.05, 0) is 5.41 Å². The molecule has 5 heteroatoms. The van der Waals surface area contributed by atoms with Crippen LogP contribution in [0.25, 0.3) is 0 Å². The van der Waals surface area contributed by atoms with Gasteiger partial charge in [0.15, 0.2) is 0 Å². The number of rotatable bonds is 3. The Morgan fingerprint density at radius 2 is 1.19 bits per heavy atom. The molecule has 0 aromatic heterocycles. The molecule has 0 bridgehead atoms. The summed E-state index contributed by atoms with van der Waals surface area (Å²) in [6, 6.07) is 22.2. The fourth-order valence-electron chi connectivity index (χ4n) is 3.51. The molecule has 0 unspecified atom stereocenters. The topological polar surface area (TPSA) is 0 Å². The third-order valence-electron chi connectivity index (χ3n) is 4.48. The second-order valence-corrected chi connectivity index (χ2v) is 10.4. The minimum absolute atomic E-state index is 0. The van der Waals surface area contributed by atoms with Crippen LogP contribution in [0.15, 0.2) is 77.0 Å². The van der Waals surface area contributed by atoms with E-state index in [0.29, 0.717) is 0 Å². The van der Waals surface area contributed by atoms with Crippen LogP contribution in [0.2, 0.25) is 0 Å². The van der Waals surface area contributed by atoms with Gasteiger partial charge in [-0.25, -0.2) is 16.8 Å². The van der Waals surface area contributed by atoms with E-state index in [4.69, 9.17) is 0 Å². The second-order valence-electron chi connectivity index (χ2n) is 7.49. The number of allylic oxidation sites excluding steroid dienone is 4. The SMILES string of the molecule is CC1=[C-]C(C(C)(C)C)=C([SiH](c2ccccc2)c2ccccc2)C1.[Cl-].[Cl-].[Cl-].[Ti+4]. The van der Waals surface area contributed by atoms with Crippen LogP contribution in [0, 0.1) is 11.5 Å². The quantitative estimate of drug-likeness (QED) is 0.311. The third kappa shape index (κ3) is 6.92. The molecule has 142 valence electrons. The van der Waals surface area contributed by atoms with Crippen LogP contribution in [-0.2, 0) is 21.7 Å². The maximum atomic E-state index is 3.69. The fourth-order valence-corrected chi connectivity index (χ4v) is 7.22. The molecule has 2 aromatic rings. The van der Waals surface area contributed by atoms with Crippen molar-refractivity contribution in [3.05, 3.63) is 83.1 Å². The molecule has 0 aliphatic heterocycles. The van der Waals surface area contributed by atoms with Gasteiger partial charge in [-0.1, -0.05) is 105 Å². The predicted octanol–water partition coefficient (Wildman–Crippen LogP) is -4.93. The van der Waals surface area contributed by atoms with Crippen molar-refractivity contribution >= 4 is 19.2 Å². The molecule has 1 aliphatic rings. The molecule has 0 saturated heterocycles. The molecular weight excluding hydrogens is 447 g/mol. The van der Waals surface area contributed by atoms with Gasteiger partial charge in [0.2, 0.25) is 0 Å². The molecule has 0 heterocycles. The first-order valence-electron chi connectivity index (χ1n) is 8.39. The summed E-state index contributed by atoms with van der Waals surface area (Å²) >= 11 is 0. The van der Waals surface area contributed by atoms with Gasteiger partial charge in [0.05, 0.1) is 0 Å². The van der Waals surface area contributed by atoms with Gasteiger partial charge in [0.1, 0.15) is 0 Å². The minimum atomic E-state index is -1.40. The van der Waals surface area contributed by atoms with Crippen LogP contribution >= 0.6 is 0 Å². The van der Waals surface area contributed by atoms with E-state index < -0.39 is 8.80 Å². The largest absolute Gasteiger partial charge is 4.00 e. The number of hydrogen-bond acceptors (Lipinski definition) is 0. The Morgan fingerprint density at radius 1 is 0.778 bits per heavy atom. The van der Waals surface area contributed by atoms with E-state index in [0.717, 1.165) is 6.42 Å². The zero-order valence-corrected chi connectivity index (χ0v) is 21.2. The molecule has 0 saturated carbocycles. The van der Waals surface area contributed by atoms with E-state index in [2.05, 4.69) is 94.4 Å². The van der Waals surface area contributed by atoms with Gasteiger partial charge in [-0.15, -0.1) is 0 Å². The molecule has 2 aromatic carbocycles. The Morgan fingerprint density at radius 3 is 1.56 bits per heavy atom. The molecule has 0 N–H and O–H groups in total. The van der Waals surface area contributed by atoms with Gasteiger partial charge in [0.25, 0.3) is 0 Å². The van der Waals surface area contributed by atoms with Crippen LogP contribution in [0.1, 0.15) is 34.1 Å². The van der Waals surface area contributed by atoms with Crippen LogP contribution in [0.4, 0.5) is 0 Å².